The summed E-state index contributed by atoms with van der Waals surface area (Å²) in [5.74, 6) is -0.424. The molecule has 0 saturated heterocycles. The number of hydrogen-bond acceptors (Lipinski definition) is 2. The average Bonchev–Trinajstić information content (AvgIpc) is 2.66. The molecule has 0 aliphatic heterocycles. The van der Waals surface area contributed by atoms with Crippen molar-refractivity contribution in [2.45, 2.75) is 33.1 Å². The van der Waals surface area contributed by atoms with Crippen molar-refractivity contribution in [3.63, 3.8) is 0 Å². The van der Waals surface area contributed by atoms with Gasteiger partial charge in [0.1, 0.15) is 0 Å². The van der Waals surface area contributed by atoms with E-state index in [0.717, 1.165) is 21.9 Å². The molecule has 0 spiro atoms. The SMILES string of the molecule is Cc1ccc(CCC(=O)NNC(=O)Cc2cccc3ccccc23)c(C)c1. The van der Waals surface area contributed by atoms with Crippen LogP contribution >= 0.6 is 0 Å². The van der Waals surface area contributed by atoms with Crippen molar-refractivity contribution in [1.82, 2.24) is 10.9 Å². The summed E-state index contributed by atoms with van der Waals surface area (Å²) in [6.45, 7) is 4.10. The van der Waals surface area contributed by atoms with E-state index in [1.165, 1.54) is 11.1 Å². The normalized spacial score (nSPS) is 10.6. The van der Waals surface area contributed by atoms with Crippen LogP contribution in [0.15, 0.2) is 60.7 Å². The molecule has 2 N–H and O–H groups in total. The van der Waals surface area contributed by atoms with E-state index in [9.17, 15) is 9.59 Å². The van der Waals surface area contributed by atoms with Crippen molar-refractivity contribution in [2.24, 2.45) is 0 Å². The van der Waals surface area contributed by atoms with Gasteiger partial charge in [0, 0.05) is 6.42 Å². The molecule has 0 aromatic heterocycles. The van der Waals surface area contributed by atoms with Gasteiger partial charge in [-0.1, -0.05) is 66.2 Å². The van der Waals surface area contributed by atoms with Gasteiger partial charge < -0.3 is 0 Å². The summed E-state index contributed by atoms with van der Waals surface area (Å²) in [5, 5.41) is 2.15. The second-order valence-corrected chi connectivity index (χ2v) is 6.84. The van der Waals surface area contributed by atoms with Gasteiger partial charge in [-0.15, -0.1) is 0 Å². The largest absolute Gasteiger partial charge is 0.273 e. The predicted molar refractivity (Wildman–Crippen MR) is 108 cm³/mol. The van der Waals surface area contributed by atoms with Crippen LogP contribution in [0.3, 0.4) is 0 Å². The molecule has 0 fully saturated rings. The van der Waals surface area contributed by atoms with Crippen LogP contribution in [0.4, 0.5) is 0 Å². The molecule has 3 rings (SSSR count). The van der Waals surface area contributed by atoms with E-state index < -0.39 is 0 Å². The Kier molecular flexibility index (Phi) is 5.87. The summed E-state index contributed by atoms with van der Waals surface area (Å²) in [4.78, 5) is 24.2. The smallest absolute Gasteiger partial charge is 0.242 e. The zero-order valence-electron chi connectivity index (χ0n) is 15.7. The summed E-state index contributed by atoms with van der Waals surface area (Å²) >= 11 is 0. The maximum absolute atomic E-state index is 12.2. The topological polar surface area (TPSA) is 58.2 Å². The van der Waals surface area contributed by atoms with Crippen LogP contribution in [0, 0.1) is 13.8 Å². The van der Waals surface area contributed by atoms with Gasteiger partial charge >= 0.3 is 0 Å². The number of benzene rings is 3. The number of rotatable bonds is 5. The van der Waals surface area contributed by atoms with E-state index in [1.807, 2.05) is 55.5 Å². The van der Waals surface area contributed by atoms with Crippen molar-refractivity contribution >= 4 is 22.6 Å². The zero-order chi connectivity index (χ0) is 19.2. The Hall–Kier alpha value is -3.14. The van der Waals surface area contributed by atoms with Crippen LogP contribution < -0.4 is 10.9 Å². The van der Waals surface area contributed by atoms with Crippen molar-refractivity contribution in [3.8, 4) is 0 Å². The molecule has 0 aliphatic carbocycles. The fourth-order valence-corrected chi connectivity index (χ4v) is 3.24. The molecule has 4 heteroatoms. The molecule has 0 bridgehead atoms. The van der Waals surface area contributed by atoms with Crippen LogP contribution in [0.25, 0.3) is 10.8 Å². The molecular weight excluding hydrogens is 336 g/mol. The number of amides is 2. The predicted octanol–water partition coefficient (Wildman–Crippen LogP) is 3.78. The van der Waals surface area contributed by atoms with Gasteiger partial charge in [-0.05, 0) is 47.7 Å². The number of nitrogens with one attached hydrogen (secondary N) is 2. The van der Waals surface area contributed by atoms with Crippen molar-refractivity contribution in [2.75, 3.05) is 0 Å². The quantitative estimate of drug-likeness (QED) is 0.680. The van der Waals surface area contributed by atoms with Crippen LogP contribution in [-0.4, -0.2) is 11.8 Å². The maximum Gasteiger partial charge on any atom is 0.242 e. The number of hydrazine groups is 1. The Bertz CT molecular complexity index is 974. The van der Waals surface area contributed by atoms with Crippen LogP contribution in [0.1, 0.15) is 28.7 Å². The fraction of sp³-hybridized carbons (Fsp3) is 0.217. The Morgan fingerprint density at radius 3 is 2.37 bits per heavy atom. The van der Waals surface area contributed by atoms with Gasteiger partial charge in [0.05, 0.1) is 6.42 Å². The van der Waals surface area contributed by atoms with Gasteiger partial charge in [-0.2, -0.15) is 0 Å². The maximum atomic E-state index is 12.2. The highest BCUT2D eigenvalue weighted by atomic mass is 16.2. The standard InChI is InChI=1S/C23H24N2O2/c1-16-10-11-18(17(2)14-16)12-13-22(26)24-25-23(27)15-20-8-5-7-19-6-3-4-9-21(19)20/h3-11,14H,12-13,15H2,1-2H3,(H,24,26)(H,25,27). The van der Waals surface area contributed by atoms with Crippen LogP contribution in [-0.2, 0) is 22.4 Å². The highest BCUT2D eigenvalue weighted by Gasteiger charge is 2.09. The molecule has 2 amide bonds. The van der Waals surface area contributed by atoms with E-state index in [2.05, 4.69) is 29.9 Å². The summed E-state index contributed by atoms with van der Waals surface area (Å²) in [7, 11) is 0. The summed E-state index contributed by atoms with van der Waals surface area (Å²) in [5.41, 5.74) is 9.51. The first-order chi connectivity index (χ1) is 13.0. The number of hydrogen-bond donors (Lipinski definition) is 2. The lowest BCUT2D eigenvalue weighted by Crippen LogP contribution is -2.42. The van der Waals surface area contributed by atoms with Crippen LogP contribution in [0.2, 0.25) is 0 Å². The van der Waals surface area contributed by atoms with Crippen molar-refractivity contribution in [3.05, 3.63) is 82.9 Å². The Labute approximate surface area is 159 Å². The third kappa shape index (κ3) is 4.94. The molecular formula is C23H24N2O2. The summed E-state index contributed by atoms with van der Waals surface area (Å²) in [6.07, 6.45) is 1.20. The lowest BCUT2D eigenvalue weighted by Gasteiger charge is -2.10. The molecule has 0 saturated carbocycles. The Balaban J connectivity index is 1.50. The fourth-order valence-electron chi connectivity index (χ4n) is 3.24. The molecule has 4 nitrogen and oxygen atoms in total. The average molecular weight is 360 g/mol. The first-order valence-electron chi connectivity index (χ1n) is 9.13. The summed E-state index contributed by atoms with van der Waals surface area (Å²) < 4.78 is 0. The third-order valence-corrected chi connectivity index (χ3v) is 4.69. The first kappa shape index (κ1) is 18.6. The Morgan fingerprint density at radius 1 is 0.815 bits per heavy atom. The summed E-state index contributed by atoms with van der Waals surface area (Å²) in [6, 6.07) is 20.1. The van der Waals surface area contributed by atoms with Crippen LogP contribution in [0.5, 0.6) is 0 Å². The van der Waals surface area contributed by atoms with Gasteiger partial charge in [0.2, 0.25) is 11.8 Å². The minimum Gasteiger partial charge on any atom is -0.273 e. The zero-order valence-corrected chi connectivity index (χ0v) is 15.7. The van der Waals surface area contributed by atoms with Gasteiger partial charge in [0.25, 0.3) is 0 Å². The molecule has 0 heterocycles. The number of carbonyl (C=O) groups excluding carboxylic acids is 2. The molecule has 0 atom stereocenters. The van der Waals surface area contributed by atoms with Gasteiger partial charge in [-0.25, -0.2) is 0 Å². The molecule has 3 aromatic carbocycles. The molecule has 3 aromatic rings. The van der Waals surface area contributed by atoms with E-state index in [4.69, 9.17) is 0 Å². The second kappa shape index (κ2) is 8.49. The lowest BCUT2D eigenvalue weighted by atomic mass is 10.0. The molecule has 138 valence electrons. The highest BCUT2D eigenvalue weighted by molar-refractivity contribution is 5.90. The highest BCUT2D eigenvalue weighted by Crippen LogP contribution is 2.18. The van der Waals surface area contributed by atoms with Crippen molar-refractivity contribution < 1.29 is 9.59 Å². The number of aryl methyl sites for hydroxylation is 3. The first-order valence-corrected chi connectivity index (χ1v) is 9.13. The number of carbonyl (C=O) groups is 2. The molecule has 0 unspecified atom stereocenters. The molecule has 0 aliphatic rings. The lowest BCUT2D eigenvalue weighted by molar-refractivity contribution is -0.128. The van der Waals surface area contributed by atoms with Crippen molar-refractivity contribution in [1.29, 1.82) is 0 Å². The molecule has 27 heavy (non-hydrogen) atoms. The molecule has 0 radical (unpaired) electrons. The van der Waals surface area contributed by atoms with E-state index in [-0.39, 0.29) is 18.2 Å². The minimum absolute atomic E-state index is 0.193. The number of fused-ring (bicyclic) bond motifs is 1. The van der Waals surface area contributed by atoms with Gasteiger partial charge in [-0.3, -0.25) is 20.4 Å². The second-order valence-electron chi connectivity index (χ2n) is 6.84. The van der Waals surface area contributed by atoms with E-state index in [0.29, 0.717) is 12.8 Å². The Morgan fingerprint density at radius 2 is 1.56 bits per heavy atom. The van der Waals surface area contributed by atoms with Gasteiger partial charge in [0.15, 0.2) is 0 Å². The minimum atomic E-state index is -0.230. The monoisotopic (exact) mass is 360 g/mol. The van der Waals surface area contributed by atoms with E-state index >= 15 is 0 Å². The van der Waals surface area contributed by atoms with E-state index in [1.54, 1.807) is 0 Å². The third-order valence-electron chi connectivity index (χ3n) is 4.69.